The Balaban J connectivity index is 4.43. The highest BCUT2D eigenvalue weighted by Gasteiger charge is 2.28. The molecule has 0 aromatic heterocycles. The number of likely N-dealkylation sites (N-methyl/N-ethyl adjacent to an activating group) is 1. The predicted octanol–water partition coefficient (Wildman–Crippen LogP) is 5.17. The molecular weight excluding hydrogens is 341 g/mol. The first kappa shape index (κ1) is 24.6. The standard InChI is InChI=1S/C18H38NO5P/c1-5-9-11-13-15-22-25(21,23-16-14-12-10-6-2)24-17-18(20)19(7-3)8-4/h5-17H2,1-4H3. The van der Waals surface area contributed by atoms with Gasteiger partial charge in [0.1, 0.15) is 6.61 Å². The van der Waals surface area contributed by atoms with Crippen molar-refractivity contribution >= 4 is 13.7 Å². The fraction of sp³-hybridized carbons (Fsp3) is 0.944. The molecule has 7 heteroatoms. The van der Waals surface area contributed by atoms with Crippen LogP contribution >= 0.6 is 7.82 Å². The van der Waals surface area contributed by atoms with E-state index in [-0.39, 0.29) is 12.5 Å². The highest BCUT2D eigenvalue weighted by molar-refractivity contribution is 7.48. The summed E-state index contributed by atoms with van der Waals surface area (Å²) in [6, 6.07) is 0. The molecule has 0 aromatic carbocycles. The number of carbonyl (C=O) groups excluding carboxylic acids is 1. The summed E-state index contributed by atoms with van der Waals surface area (Å²) in [6.07, 6.45) is 8.14. The SMILES string of the molecule is CCCCCCOP(=O)(OCCCCCC)OCC(=O)N(CC)CC. The summed E-state index contributed by atoms with van der Waals surface area (Å²) in [6.45, 7) is 9.63. The monoisotopic (exact) mass is 379 g/mol. The van der Waals surface area contributed by atoms with Gasteiger partial charge in [0.25, 0.3) is 0 Å². The summed E-state index contributed by atoms with van der Waals surface area (Å²) in [5.74, 6) is -0.200. The van der Waals surface area contributed by atoms with Gasteiger partial charge in [-0.15, -0.1) is 0 Å². The highest BCUT2D eigenvalue weighted by atomic mass is 31.2. The normalized spacial score (nSPS) is 11.7. The van der Waals surface area contributed by atoms with E-state index < -0.39 is 7.82 Å². The summed E-state index contributed by atoms with van der Waals surface area (Å²) >= 11 is 0. The molecule has 6 nitrogen and oxygen atoms in total. The Hall–Kier alpha value is -0.420. The van der Waals surface area contributed by atoms with Crippen LogP contribution in [0.4, 0.5) is 0 Å². The van der Waals surface area contributed by atoms with Crippen LogP contribution in [-0.4, -0.2) is 43.7 Å². The molecule has 0 aromatic rings. The summed E-state index contributed by atoms with van der Waals surface area (Å²) in [5.41, 5.74) is 0. The molecule has 0 spiro atoms. The molecule has 0 radical (unpaired) electrons. The molecule has 0 saturated carbocycles. The molecule has 0 aliphatic rings. The van der Waals surface area contributed by atoms with Gasteiger partial charge in [-0.05, 0) is 26.7 Å². The Morgan fingerprint density at radius 3 is 1.64 bits per heavy atom. The quantitative estimate of drug-likeness (QED) is 0.257. The van der Waals surface area contributed by atoms with Gasteiger partial charge >= 0.3 is 7.82 Å². The molecule has 150 valence electrons. The van der Waals surface area contributed by atoms with Crippen molar-refractivity contribution in [2.45, 2.75) is 79.1 Å². The van der Waals surface area contributed by atoms with Crippen molar-refractivity contribution in [1.29, 1.82) is 0 Å². The number of hydrogen-bond donors (Lipinski definition) is 0. The Labute approximate surface area is 154 Å². The highest BCUT2D eigenvalue weighted by Crippen LogP contribution is 2.49. The second-order valence-corrected chi connectivity index (χ2v) is 7.74. The van der Waals surface area contributed by atoms with Crippen LogP contribution in [0.25, 0.3) is 0 Å². The van der Waals surface area contributed by atoms with Crippen LogP contribution in [0.5, 0.6) is 0 Å². The summed E-state index contributed by atoms with van der Waals surface area (Å²) in [4.78, 5) is 13.7. The molecule has 0 N–H and O–H groups in total. The Morgan fingerprint density at radius 2 is 1.24 bits per heavy atom. The maximum atomic E-state index is 12.7. The minimum atomic E-state index is -3.68. The lowest BCUT2D eigenvalue weighted by atomic mass is 10.2. The molecule has 0 fully saturated rings. The molecule has 0 aliphatic heterocycles. The number of carbonyl (C=O) groups is 1. The Morgan fingerprint density at radius 1 is 0.760 bits per heavy atom. The number of unbranched alkanes of at least 4 members (excludes halogenated alkanes) is 6. The van der Waals surface area contributed by atoms with Gasteiger partial charge in [-0.3, -0.25) is 18.4 Å². The predicted molar refractivity (Wildman–Crippen MR) is 102 cm³/mol. The molecule has 0 heterocycles. The summed E-state index contributed by atoms with van der Waals surface area (Å²) in [5, 5.41) is 0. The molecule has 0 saturated heterocycles. The minimum absolute atomic E-state index is 0.200. The van der Waals surface area contributed by atoms with E-state index in [4.69, 9.17) is 13.6 Å². The van der Waals surface area contributed by atoms with E-state index in [0.717, 1.165) is 51.4 Å². The lowest BCUT2D eigenvalue weighted by molar-refractivity contribution is -0.133. The zero-order valence-corrected chi connectivity index (χ0v) is 17.5. The number of rotatable bonds is 17. The molecule has 1 amide bonds. The van der Waals surface area contributed by atoms with Crippen LogP contribution in [0.2, 0.25) is 0 Å². The number of phosphoric acid groups is 1. The fourth-order valence-electron chi connectivity index (χ4n) is 2.32. The molecule has 0 atom stereocenters. The van der Waals surface area contributed by atoms with Gasteiger partial charge in [0, 0.05) is 13.1 Å². The van der Waals surface area contributed by atoms with Gasteiger partial charge < -0.3 is 4.90 Å². The van der Waals surface area contributed by atoms with E-state index in [1.165, 1.54) is 0 Å². The van der Waals surface area contributed by atoms with Crippen LogP contribution in [0.3, 0.4) is 0 Å². The Bertz CT molecular complexity index is 356. The zero-order chi connectivity index (χ0) is 19.0. The molecule has 0 rings (SSSR count). The van der Waals surface area contributed by atoms with Crippen molar-refractivity contribution in [2.75, 3.05) is 32.9 Å². The maximum absolute atomic E-state index is 12.7. The van der Waals surface area contributed by atoms with Crippen LogP contribution < -0.4 is 0 Å². The third kappa shape index (κ3) is 12.6. The lowest BCUT2D eigenvalue weighted by Gasteiger charge is -2.21. The number of amides is 1. The second kappa shape index (κ2) is 15.8. The number of hydrogen-bond acceptors (Lipinski definition) is 5. The van der Waals surface area contributed by atoms with Gasteiger partial charge in [0.15, 0.2) is 0 Å². The van der Waals surface area contributed by atoms with Crippen molar-refractivity contribution in [3.63, 3.8) is 0 Å². The van der Waals surface area contributed by atoms with Crippen molar-refractivity contribution in [3.8, 4) is 0 Å². The molecule has 0 unspecified atom stereocenters. The average molecular weight is 379 g/mol. The fourth-order valence-corrected chi connectivity index (χ4v) is 3.52. The molecule has 0 aliphatic carbocycles. The first-order chi connectivity index (χ1) is 12.0. The van der Waals surface area contributed by atoms with Gasteiger partial charge in [-0.1, -0.05) is 52.4 Å². The van der Waals surface area contributed by atoms with E-state index in [1.54, 1.807) is 4.90 Å². The Kier molecular flexibility index (Phi) is 15.5. The van der Waals surface area contributed by atoms with Crippen LogP contribution in [0.1, 0.15) is 79.1 Å². The van der Waals surface area contributed by atoms with Crippen molar-refractivity contribution in [3.05, 3.63) is 0 Å². The van der Waals surface area contributed by atoms with Crippen molar-refractivity contribution < 1.29 is 22.9 Å². The summed E-state index contributed by atoms with van der Waals surface area (Å²) in [7, 11) is -3.68. The first-order valence-corrected chi connectivity index (χ1v) is 11.3. The van der Waals surface area contributed by atoms with Gasteiger partial charge in [-0.25, -0.2) is 4.57 Å². The zero-order valence-electron chi connectivity index (χ0n) is 16.6. The third-order valence-corrected chi connectivity index (χ3v) is 5.40. The van der Waals surface area contributed by atoms with Crippen molar-refractivity contribution in [2.24, 2.45) is 0 Å². The topological polar surface area (TPSA) is 65.1 Å². The van der Waals surface area contributed by atoms with E-state index in [9.17, 15) is 9.36 Å². The largest absolute Gasteiger partial charge is 0.475 e. The lowest BCUT2D eigenvalue weighted by Crippen LogP contribution is -2.33. The first-order valence-electron chi connectivity index (χ1n) is 9.84. The molecule has 25 heavy (non-hydrogen) atoms. The average Bonchev–Trinajstić information content (AvgIpc) is 2.61. The van der Waals surface area contributed by atoms with Gasteiger partial charge in [0.05, 0.1) is 13.2 Å². The van der Waals surface area contributed by atoms with E-state index >= 15 is 0 Å². The van der Waals surface area contributed by atoms with Gasteiger partial charge in [0.2, 0.25) is 5.91 Å². The van der Waals surface area contributed by atoms with E-state index in [0.29, 0.717) is 26.3 Å². The van der Waals surface area contributed by atoms with Crippen molar-refractivity contribution in [1.82, 2.24) is 4.90 Å². The van der Waals surface area contributed by atoms with Crippen LogP contribution in [0.15, 0.2) is 0 Å². The smallest absolute Gasteiger partial charge is 0.341 e. The van der Waals surface area contributed by atoms with E-state index in [1.807, 2.05) is 13.8 Å². The number of nitrogens with zero attached hydrogens (tertiary/aromatic N) is 1. The summed E-state index contributed by atoms with van der Waals surface area (Å²) < 4.78 is 28.9. The van der Waals surface area contributed by atoms with Crippen LogP contribution in [-0.2, 0) is 22.9 Å². The number of phosphoric ester groups is 1. The molecule has 0 bridgehead atoms. The maximum Gasteiger partial charge on any atom is 0.475 e. The van der Waals surface area contributed by atoms with Gasteiger partial charge in [-0.2, -0.15) is 0 Å². The van der Waals surface area contributed by atoms with E-state index in [2.05, 4.69) is 13.8 Å². The second-order valence-electron chi connectivity index (χ2n) is 6.07. The van der Waals surface area contributed by atoms with Crippen LogP contribution in [0, 0.1) is 0 Å². The third-order valence-electron chi connectivity index (χ3n) is 3.96. The molecular formula is C18H38NO5P. The minimum Gasteiger partial charge on any atom is -0.341 e.